The Morgan fingerprint density at radius 1 is 1.25 bits per heavy atom. The van der Waals surface area contributed by atoms with E-state index >= 15 is 0 Å². The number of urea groups is 1. The molecule has 0 bridgehead atoms. The van der Waals surface area contributed by atoms with Gasteiger partial charge in [0.05, 0.1) is 0 Å². The maximum atomic E-state index is 12.7. The minimum absolute atomic E-state index is 0.0104. The number of carbonyl (C=O) groups is 3. The topological polar surface area (TPSA) is 109 Å². The zero-order valence-electron chi connectivity index (χ0n) is 15.0. The van der Waals surface area contributed by atoms with E-state index < -0.39 is 35.4 Å². The maximum absolute atomic E-state index is 12.7. The molecule has 1 saturated carbocycles. The van der Waals surface area contributed by atoms with Gasteiger partial charge in [0.15, 0.2) is 5.16 Å². The molecule has 1 aromatic rings. The molecule has 1 aliphatic carbocycles. The normalized spacial score (nSPS) is 19.2. The third-order valence-corrected chi connectivity index (χ3v) is 5.78. The van der Waals surface area contributed by atoms with E-state index in [9.17, 15) is 27.6 Å². The van der Waals surface area contributed by atoms with Crippen molar-refractivity contribution in [3.63, 3.8) is 0 Å². The Labute approximate surface area is 162 Å². The number of halogens is 3. The van der Waals surface area contributed by atoms with Crippen molar-refractivity contribution in [2.24, 2.45) is 7.05 Å². The van der Waals surface area contributed by atoms with Crippen LogP contribution in [0.15, 0.2) is 5.16 Å². The van der Waals surface area contributed by atoms with Crippen molar-refractivity contribution in [1.82, 2.24) is 30.5 Å². The fourth-order valence-corrected chi connectivity index (χ4v) is 4.17. The Kier molecular flexibility index (Phi) is 5.55. The molecule has 4 amide bonds. The van der Waals surface area contributed by atoms with Crippen LogP contribution in [0.5, 0.6) is 0 Å². The van der Waals surface area contributed by atoms with Crippen LogP contribution >= 0.6 is 11.8 Å². The number of rotatable bonds is 5. The van der Waals surface area contributed by atoms with E-state index in [1.54, 1.807) is 0 Å². The predicted molar refractivity (Wildman–Crippen MR) is 90.7 cm³/mol. The summed E-state index contributed by atoms with van der Waals surface area (Å²) in [5.41, 5.74) is 1.34. The zero-order valence-corrected chi connectivity index (χ0v) is 15.8. The van der Waals surface area contributed by atoms with E-state index in [0.29, 0.717) is 17.9 Å². The van der Waals surface area contributed by atoms with Crippen LogP contribution < -0.4 is 10.7 Å². The maximum Gasteiger partial charge on any atom is 0.451 e. The average molecular weight is 420 g/mol. The van der Waals surface area contributed by atoms with Crippen LogP contribution in [0.25, 0.3) is 0 Å². The number of alkyl halides is 3. The van der Waals surface area contributed by atoms with Crippen LogP contribution in [-0.4, -0.2) is 48.9 Å². The standard InChI is InChI=1S/C15H19F3N6O3S/c1-23-10(15(16,17)18)20-21-13(23)28-8-5-9(25)22-24-11(26)14(19-12(24)27)6-3-2-4-7-14/h2-8H2,1H3,(H,19,27)(H,22,25). The van der Waals surface area contributed by atoms with Crippen molar-refractivity contribution in [3.05, 3.63) is 5.82 Å². The fourth-order valence-electron chi connectivity index (χ4n) is 3.32. The van der Waals surface area contributed by atoms with Gasteiger partial charge in [-0.3, -0.25) is 15.0 Å². The molecule has 2 N–H and O–H groups in total. The minimum atomic E-state index is -4.61. The summed E-state index contributed by atoms with van der Waals surface area (Å²) in [7, 11) is 1.18. The summed E-state index contributed by atoms with van der Waals surface area (Å²) in [4.78, 5) is 36.7. The summed E-state index contributed by atoms with van der Waals surface area (Å²) in [6.07, 6.45) is -1.03. The molecule has 2 fully saturated rings. The molecule has 0 radical (unpaired) electrons. The third-order valence-electron chi connectivity index (χ3n) is 4.75. The van der Waals surface area contributed by atoms with Gasteiger partial charge in [-0.05, 0) is 12.8 Å². The lowest BCUT2D eigenvalue weighted by atomic mass is 9.82. The van der Waals surface area contributed by atoms with Gasteiger partial charge >= 0.3 is 12.2 Å². The molecule has 2 aliphatic rings. The molecule has 9 nitrogen and oxygen atoms in total. The van der Waals surface area contributed by atoms with Crippen molar-refractivity contribution >= 4 is 29.6 Å². The second-order valence-electron chi connectivity index (χ2n) is 6.71. The molecule has 13 heteroatoms. The number of hydrazine groups is 1. The molecule has 1 spiro atoms. The van der Waals surface area contributed by atoms with Crippen molar-refractivity contribution in [2.75, 3.05) is 5.75 Å². The second-order valence-corrected chi connectivity index (χ2v) is 7.77. The van der Waals surface area contributed by atoms with Gasteiger partial charge in [-0.2, -0.15) is 18.2 Å². The number of aromatic nitrogens is 3. The lowest BCUT2D eigenvalue weighted by molar-refractivity contribution is -0.147. The van der Waals surface area contributed by atoms with Crippen molar-refractivity contribution in [1.29, 1.82) is 0 Å². The van der Waals surface area contributed by atoms with E-state index in [4.69, 9.17) is 0 Å². The van der Waals surface area contributed by atoms with Gasteiger partial charge in [0.25, 0.3) is 5.91 Å². The molecule has 0 aromatic carbocycles. The third kappa shape index (κ3) is 3.93. The van der Waals surface area contributed by atoms with Crippen molar-refractivity contribution < 1.29 is 27.6 Å². The van der Waals surface area contributed by atoms with E-state index in [2.05, 4.69) is 20.9 Å². The zero-order chi connectivity index (χ0) is 20.5. The Bertz CT molecular complexity index is 790. The van der Waals surface area contributed by atoms with E-state index in [1.165, 1.54) is 7.05 Å². The van der Waals surface area contributed by atoms with Gasteiger partial charge in [-0.15, -0.1) is 10.2 Å². The van der Waals surface area contributed by atoms with Crippen LogP contribution in [-0.2, 0) is 22.8 Å². The number of carbonyl (C=O) groups excluding carboxylic acids is 3. The molecule has 2 heterocycles. The number of hydrogen-bond acceptors (Lipinski definition) is 6. The molecule has 0 unspecified atom stereocenters. The summed E-state index contributed by atoms with van der Waals surface area (Å²) in [5.74, 6) is -2.09. The number of imide groups is 1. The lowest BCUT2D eigenvalue weighted by Crippen LogP contribution is -2.51. The first-order chi connectivity index (χ1) is 13.1. The molecule has 0 atom stereocenters. The highest BCUT2D eigenvalue weighted by Crippen LogP contribution is 2.33. The monoisotopic (exact) mass is 420 g/mol. The van der Waals surface area contributed by atoms with Gasteiger partial charge in [0.2, 0.25) is 11.7 Å². The summed E-state index contributed by atoms with van der Waals surface area (Å²) >= 11 is 0.918. The van der Waals surface area contributed by atoms with Crippen molar-refractivity contribution in [2.45, 2.75) is 55.4 Å². The molecule has 28 heavy (non-hydrogen) atoms. The largest absolute Gasteiger partial charge is 0.451 e. The Morgan fingerprint density at radius 3 is 2.54 bits per heavy atom. The van der Waals surface area contributed by atoms with Gasteiger partial charge in [0, 0.05) is 19.2 Å². The predicted octanol–water partition coefficient (Wildman–Crippen LogP) is 1.60. The van der Waals surface area contributed by atoms with Crippen LogP contribution in [0.4, 0.5) is 18.0 Å². The highest BCUT2D eigenvalue weighted by Gasteiger charge is 2.52. The van der Waals surface area contributed by atoms with Crippen LogP contribution in [0.2, 0.25) is 0 Å². The highest BCUT2D eigenvalue weighted by molar-refractivity contribution is 7.99. The molecule has 3 rings (SSSR count). The molecule has 1 aliphatic heterocycles. The first-order valence-electron chi connectivity index (χ1n) is 8.70. The molecular weight excluding hydrogens is 401 g/mol. The summed E-state index contributed by atoms with van der Waals surface area (Å²) in [6.45, 7) is 0. The van der Waals surface area contributed by atoms with E-state index in [1.807, 2.05) is 0 Å². The molecule has 1 saturated heterocycles. The number of nitrogens with one attached hydrogen (secondary N) is 2. The van der Waals surface area contributed by atoms with Crippen molar-refractivity contribution in [3.8, 4) is 0 Å². The number of amides is 4. The van der Waals surface area contributed by atoms with E-state index in [0.717, 1.165) is 35.6 Å². The summed E-state index contributed by atoms with van der Waals surface area (Å²) in [6, 6.07) is -0.670. The first kappa shape index (κ1) is 20.4. The van der Waals surface area contributed by atoms with Crippen LogP contribution in [0, 0.1) is 0 Å². The Hall–Kier alpha value is -2.31. The van der Waals surface area contributed by atoms with Gasteiger partial charge in [-0.1, -0.05) is 31.0 Å². The lowest BCUT2D eigenvalue weighted by Gasteiger charge is -2.30. The average Bonchev–Trinajstić information content (AvgIpc) is 3.09. The fraction of sp³-hybridized carbons (Fsp3) is 0.667. The minimum Gasteiger partial charge on any atom is -0.322 e. The summed E-state index contributed by atoms with van der Waals surface area (Å²) < 4.78 is 38.9. The number of nitrogens with zero attached hydrogens (tertiary/aromatic N) is 4. The van der Waals surface area contributed by atoms with Crippen LogP contribution in [0.3, 0.4) is 0 Å². The smallest absolute Gasteiger partial charge is 0.322 e. The van der Waals surface area contributed by atoms with Gasteiger partial charge < -0.3 is 9.88 Å². The second kappa shape index (κ2) is 7.60. The summed E-state index contributed by atoms with van der Waals surface area (Å²) in [5, 5.41) is 9.93. The molecule has 1 aromatic heterocycles. The number of hydrogen-bond donors (Lipinski definition) is 2. The highest BCUT2D eigenvalue weighted by atomic mass is 32.2. The SMILES string of the molecule is Cn1c(SCCC(=O)NN2C(=O)NC3(CCCCC3)C2=O)nnc1C(F)(F)F. The Morgan fingerprint density at radius 2 is 1.93 bits per heavy atom. The molecule has 154 valence electrons. The van der Waals surface area contributed by atoms with Gasteiger partial charge in [-0.25, -0.2) is 4.79 Å². The van der Waals surface area contributed by atoms with E-state index in [-0.39, 0.29) is 17.3 Å². The first-order valence-corrected chi connectivity index (χ1v) is 9.68. The Balaban J connectivity index is 1.52. The molecular formula is C15H19F3N6O3S. The van der Waals surface area contributed by atoms with Crippen LogP contribution in [0.1, 0.15) is 44.3 Å². The number of thioether (sulfide) groups is 1. The van der Waals surface area contributed by atoms with Gasteiger partial charge in [0.1, 0.15) is 5.54 Å². The quantitative estimate of drug-likeness (QED) is 0.553.